The number of carbonyl (C=O) groups excluding carboxylic acids is 1. The lowest BCUT2D eigenvalue weighted by molar-refractivity contribution is 0.0353. The molecule has 2 aromatic carbocycles. The number of benzene rings is 2. The molecule has 6 nitrogen and oxygen atoms in total. The summed E-state index contributed by atoms with van der Waals surface area (Å²) in [6.45, 7) is 6.83. The SMILES string of the molecule is Cc1ccc(C2c3c(oc4ccccc4c3=O)C(=O)N2CCCN2CCOCC2)cc1. The molecule has 1 atom stereocenters. The van der Waals surface area contributed by atoms with Crippen LogP contribution in [0.5, 0.6) is 0 Å². The van der Waals surface area contributed by atoms with Gasteiger partial charge in [-0.25, -0.2) is 0 Å². The monoisotopic (exact) mass is 418 g/mol. The second-order valence-electron chi connectivity index (χ2n) is 8.29. The highest BCUT2D eigenvalue weighted by Gasteiger charge is 2.42. The summed E-state index contributed by atoms with van der Waals surface area (Å²) < 4.78 is 11.4. The molecule has 3 heterocycles. The van der Waals surface area contributed by atoms with Crippen LogP contribution in [0.25, 0.3) is 11.0 Å². The van der Waals surface area contributed by atoms with Gasteiger partial charge in [-0.15, -0.1) is 0 Å². The highest BCUT2D eigenvalue weighted by molar-refractivity contribution is 5.99. The van der Waals surface area contributed by atoms with Crippen LogP contribution in [0.2, 0.25) is 0 Å². The average Bonchev–Trinajstić information content (AvgIpc) is 3.07. The third-order valence-corrected chi connectivity index (χ3v) is 6.24. The Morgan fingerprint density at radius 3 is 2.48 bits per heavy atom. The zero-order chi connectivity index (χ0) is 21.4. The molecule has 1 amide bonds. The van der Waals surface area contributed by atoms with E-state index in [-0.39, 0.29) is 17.1 Å². The average molecular weight is 418 g/mol. The van der Waals surface area contributed by atoms with Crippen LogP contribution >= 0.6 is 0 Å². The lowest BCUT2D eigenvalue weighted by Crippen LogP contribution is -2.38. The zero-order valence-corrected chi connectivity index (χ0v) is 17.7. The second-order valence-corrected chi connectivity index (χ2v) is 8.29. The molecule has 1 fully saturated rings. The quantitative estimate of drug-likeness (QED) is 0.636. The van der Waals surface area contributed by atoms with Gasteiger partial charge in [0.15, 0.2) is 5.43 Å². The number of carbonyl (C=O) groups is 1. The van der Waals surface area contributed by atoms with Crippen LogP contribution in [0.3, 0.4) is 0 Å². The van der Waals surface area contributed by atoms with Gasteiger partial charge in [0.2, 0.25) is 5.76 Å². The third kappa shape index (κ3) is 3.66. The van der Waals surface area contributed by atoms with Crippen LogP contribution in [-0.2, 0) is 4.74 Å². The van der Waals surface area contributed by atoms with Crippen molar-refractivity contribution in [3.8, 4) is 0 Å². The van der Waals surface area contributed by atoms with Crippen molar-refractivity contribution in [2.45, 2.75) is 19.4 Å². The van der Waals surface area contributed by atoms with Gasteiger partial charge in [0.1, 0.15) is 5.58 Å². The van der Waals surface area contributed by atoms with Crippen molar-refractivity contribution in [1.29, 1.82) is 0 Å². The second kappa shape index (κ2) is 8.29. The fraction of sp³-hybridized carbons (Fsp3) is 0.360. The Balaban J connectivity index is 1.52. The number of aryl methyl sites for hydroxylation is 1. The molecule has 5 rings (SSSR count). The molecule has 1 aromatic heterocycles. The van der Waals surface area contributed by atoms with Crippen molar-refractivity contribution in [3.63, 3.8) is 0 Å². The first kappa shape index (κ1) is 20.0. The zero-order valence-electron chi connectivity index (χ0n) is 17.7. The highest BCUT2D eigenvalue weighted by atomic mass is 16.5. The van der Waals surface area contributed by atoms with Gasteiger partial charge in [0.05, 0.1) is 30.2 Å². The predicted molar refractivity (Wildman–Crippen MR) is 118 cm³/mol. The fourth-order valence-electron chi connectivity index (χ4n) is 4.58. The van der Waals surface area contributed by atoms with Crippen molar-refractivity contribution in [2.24, 2.45) is 0 Å². The molecule has 2 aliphatic heterocycles. The Morgan fingerprint density at radius 1 is 0.968 bits per heavy atom. The summed E-state index contributed by atoms with van der Waals surface area (Å²) in [6.07, 6.45) is 0.829. The van der Waals surface area contributed by atoms with Gasteiger partial charge in [0, 0.05) is 26.2 Å². The number of morpholine rings is 1. The molecular weight excluding hydrogens is 392 g/mol. The van der Waals surface area contributed by atoms with E-state index in [0.29, 0.717) is 23.1 Å². The maximum absolute atomic E-state index is 13.4. The molecule has 6 heteroatoms. The van der Waals surface area contributed by atoms with Crippen molar-refractivity contribution in [2.75, 3.05) is 39.4 Å². The van der Waals surface area contributed by atoms with Gasteiger partial charge in [-0.05, 0) is 31.0 Å². The normalized spacial score (nSPS) is 19.2. The Kier molecular flexibility index (Phi) is 5.34. The fourth-order valence-corrected chi connectivity index (χ4v) is 4.58. The summed E-state index contributed by atoms with van der Waals surface area (Å²) in [5, 5.41) is 0.515. The van der Waals surface area contributed by atoms with Gasteiger partial charge >= 0.3 is 0 Å². The van der Waals surface area contributed by atoms with Gasteiger partial charge in [-0.3, -0.25) is 14.5 Å². The number of hydrogen-bond donors (Lipinski definition) is 0. The standard InChI is InChI=1S/C25H26N2O4/c1-17-7-9-18(10-8-17)22-21-23(28)19-5-2-3-6-20(19)31-24(21)25(29)27(22)12-4-11-26-13-15-30-16-14-26/h2-3,5-10,22H,4,11-16H2,1H3. The van der Waals surface area contributed by atoms with E-state index < -0.39 is 6.04 Å². The van der Waals surface area contributed by atoms with Crippen LogP contribution in [0.4, 0.5) is 0 Å². The maximum Gasteiger partial charge on any atom is 0.290 e. The van der Waals surface area contributed by atoms with Crippen molar-refractivity contribution < 1.29 is 13.9 Å². The van der Waals surface area contributed by atoms with E-state index in [1.54, 1.807) is 17.0 Å². The van der Waals surface area contributed by atoms with Crippen LogP contribution in [0, 0.1) is 6.92 Å². The molecule has 0 aliphatic carbocycles. The van der Waals surface area contributed by atoms with Crippen LogP contribution < -0.4 is 5.43 Å². The number of fused-ring (bicyclic) bond motifs is 2. The number of amides is 1. The van der Waals surface area contributed by atoms with Crippen molar-refractivity contribution >= 4 is 16.9 Å². The summed E-state index contributed by atoms with van der Waals surface area (Å²) in [5.41, 5.74) is 2.87. The van der Waals surface area contributed by atoms with E-state index in [2.05, 4.69) is 4.90 Å². The molecule has 0 spiro atoms. The number of para-hydroxylation sites is 1. The highest BCUT2D eigenvalue weighted by Crippen LogP contribution is 2.38. The third-order valence-electron chi connectivity index (χ3n) is 6.24. The van der Waals surface area contributed by atoms with Crippen LogP contribution in [0.15, 0.2) is 57.7 Å². The van der Waals surface area contributed by atoms with E-state index in [9.17, 15) is 9.59 Å². The summed E-state index contributed by atoms with van der Waals surface area (Å²) in [4.78, 5) is 31.0. The van der Waals surface area contributed by atoms with E-state index in [4.69, 9.17) is 9.15 Å². The molecular formula is C25H26N2O4. The lowest BCUT2D eigenvalue weighted by atomic mass is 9.97. The van der Waals surface area contributed by atoms with Gasteiger partial charge in [-0.2, -0.15) is 0 Å². The Labute approximate surface area is 181 Å². The molecule has 0 bridgehead atoms. The molecule has 160 valence electrons. The first-order valence-corrected chi connectivity index (χ1v) is 10.9. The molecule has 3 aromatic rings. The first-order valence-electron chi connectivity index (χ1n) is 10.9. The minimum atomic E-state index is -0.423. The van der Waals surface area contributed by atoms with Gasteiger partial charge < -0.3 is 14.1 Å². The molecule has 2 aliphatic rings. The summed E-state index contributed by atoms with van der Waals surface area (Å²) >= 11 is 0. The minimum Gasteiger partial charge on any atom is -0.450 e. The van der Waals surface area contributed by atoms with E-state index in [0.717, 1.165) is 50.4 Å². The molecule has 0 radical (unpaired) electrons. The van der Waals surface area contributed by atoms with Crippen LogP contribution in [-0.4, -0.2) is 55.1 Å². The molecule has 0 N–H and O–H groups in total. The predicted octanol–water partition coefficient (Wildman–Crippen LogP) is 3.37. The van der Waals surface area contributed by atoms with Crippen molar-refractivity contribution in [1.82, 2.24) is 9.80 Å². The summed E-state index contributed by atoms with van der Waals surface area (Å²) in [5.74, 6) is -0.0222. The topological polar surface area (TPSA) is 63.0 Å². The van der Waals surface area contributed by atoms with Gasteiger partial charge in [0.25, 0.3) is 5.91 Å². The summed E-state index contributed by atoms with van der Waals surface area (Å²) in [7, 11) is 0. The molecule has 1 unspecified atom stereocenters. The maximum atomic E-state index is 13.4. The Hall–Kier alpha value is -2.96. The van der Waals surface area contributed by atoms with Gasteiger partial charge in [-0.1, -0.05) is 42.0 Å². The van der Waals surface area contributed by atoms with Crippen molar-refractivity contribution in [3.05, 3.63) is 81.2 Å². The molecule has 0 saturated carbocycles. The lowest BCUT2D eigenvalue weighted by Gasteiger charge is -2.29. The number of rotatable bonds is 5. The Morgan fingerprint density at radius 2 is 1.71 bits per heavy atom. The Bertz CT molecular complexity index is 1160. The van der Waals surface area contributed by atoms with E-state index in [1.165, 1.54) is 0 Å². The largest absolute Gasteiger partial charge is 0.450 e. The van der Waals surface area contributed by atoms with Crippen LogP contribution in [0.1, 0.15) is 39.7 Å². The number of ether oxygens (including phenoxy) is 1. The number of hydrogen-bond acceptors (Lipinski definition) is 5. The number of nitrogens with zero attached hydrogens (tertiary/aromatic N) is 2. The van der Waals surface area contributed by atoms with E-state index >= 15 is 0 Å². The molecule has 1 saturated heterocycles. The minimum absolute atomic E-state index is 0.119. The summed E-state index contributed by atoms with van der Waals surface area (Å²) in [6, 6.07) is 14.8. The first-order chi connectivity index (χ1) is 15.1. The van der Waals surface area contributed by atoms with E-state index in [1.807, 2.05) is 43.3 Å². The molecule has 31 heavy (non-hydrogen) atoms. The smallest absolute Gasteiger partial charge is 0.290 e.